The van der Waals surface area contributed by atoms with Crippen LogP contribution in [-0.4, -0.2) is 34.0 Å². The van der Waals surface area contributed by atoms with Crippen molar-refractivity contribution in [1.82, 2.24) is 15.5 Å². The molecule has 1 aromatic carbocycles. The number of anilines is 1. The monoisotopic (exact) mass is 310 g/mol. The third kappa shape index (κ3) is 4.76. The van der Waals surface area contributed by atoms with E-state index in [1.807, 2.05) is 0 Å². The number of rotatable bonds is 5. The third-order valence-electron chi connectivity index (χ3n) is 2.58. The molecule has 2 amide bonds. The number of amides is 2. The molecule has 0 aliphatic rings. The summed E-state index contributed by atoms with van der Waals surface area (Å²) in [6, 6.07) is 5.45. The van der Waals surface area contributed by atoms with Crippen LogP contribution in [-0.2, 0) is 6.42 Å². The summed E-state index contributed by atoms with van der Waals surface area (Å²) in [6.07, 6.45) is 0.450. The quantitative estimate of drug-likeness (QED) is 0.785. The number of carbonyl (C=O) groups excluding carboxylic acids is 1. The van der Waals surface area contributed by atoms with Gasteiger partial charge in [-0.1, -0.05) is 23.5 Å². The maximum Gasteiger partial charge on any atom is 0.321 e. The van der Waals surface area contributed by atoms with Crippen LogP contribution in [0.1, 0.15) is 17.5 Å². The number of aromatic nitrogens is 2. The molecule has 1 unspecified atom stereocenters. The SMILES string of the molecule is CC(CO)NC(=O)Nc1nnc(Cc2cccc(F)c2)s1. The van der Waals surface area contributed by atoms with Gasteiger partial charge in [0.2, 0.25) is 5.13 Å². The number of benzene rings is 1. The van der Waals surface area contributed by atoms with Gasteiger partial charge in [-0.15, -0.1) is 10.2 Å². The number of nitrogens with zero attached hydrogens (tertiary/aromatic N) is 2. The minimum absolute atomic E-state index is 0.144. The number of aliphatic hydroxyl groups is 1. The van der Waals surface area contributed by atoms with Crippen LogP contribution in [0.3, 0.4) is 0 Å². The molecule has 0 bridgehead atoms. The molecule has 0 saturated carbocycles. The normalized spacial score (nSPS) is 12.0. The summed E-state index contributed by atoms with van der Waals surface area (Å²) in [5.41, 5.74) is 0.788. The number of urea groups is 1. The summed E-state index contributed by atoms with van der Waals surface area (Å²) >= 11 is 1.22. The van der Waals surface area contributed by atoms with Crippen LogP contribution in [0.2, 0.25) is 0 Å². The minimum atomic E-state index is -0.454. The van der Waals surface area contributed by atoms with Gasteiger partial charge in [-0.2, -0.15) is 0 Å². The van der Waals surface area contributed by atoms with E-state index < -0.39 is 6.03 Å². The molecule has 1 heterocycles. The summed E-state index contributed by atoms with van der Waals surface area (Å²) < 4.78 is 13.1. The van der Waals surface area contributed by atoms with Crippen LogP contribution < -0.4 is 10.6 Å². The predicted octanol–water partition coefficient (Wildman–Crippen LogP) is 1.77. The zero-order chi connectivity index (χ0) is 15.2. The number of halogens is 1. The molecule has 0 radical (unpaired) electrons. The highest BCUT2D eigenvalue weighted by Crippen LogP contribution is 2.18. The largest absolute Gasteiger partial charge is 0.394 e. The molecule has 112 valence electrons. The second-order valence-electron chi connectivity index (χ2n) is 4.49. The van der Waals surface area contributed by atoms with Gasteiger partial charge < -0.3 is 10.4 Å². The molecule has 8 heteroatoms. The first kappa shape index (κ1) is 15.3. The molecule has 0 aliphatic heterocycles. The second kappa shape index (κ2) is 7.09. The Kier molecular flexibility index (Phi) is 5.18. The Bertz CT molecular complexity index is 620. The highest BCUT2D eigenvalue weighted by atomic mass is 32.1. The number of hydrogen-bond acceptors (Lipinski definition) is 5. The summed E-state index contributed by atoms with van der Waals surface area (Å²) in [5, 5.41) is 22.7. The molecule has 0 saturated heterocycles. The average Bonchev–Trinajstić information content (AvgIpc) is 2.85. The summed E-state index contributed by atoms with van der Waals surface area (Å²) in [7, 11) is 0. The first-order chi connectivity index (χ1) is 10.1. The maximum absolute atomic E-state index is 13.1. The zero-order valence-electron chi connectivity index (χ0n) is 11.3. The van der Waals surface area contributed by atoms with E-state index in [2.05, 4.69) is 20.8 Å². The Labute approximate surface area is 125 Å². The zero-order valence-corrected chi connectivity index (χ0v) is 12.2. The number of hydrogen-bond donors (Lipinski definition) is 3. The van der Waals surface area contributed by atoms with E-state index in [9.17, 15) is 9.18 Å². The summed E-state index contributed by atoms with van der Waals surface area (Å²) in [5.74, 6) is -0.298. The Hall–Kier alpha value is -2.06. The van der Waals surface area contributed by atoms with Crippen LogP contribution in [0, 0.1) is 5.82 Å². The summed E-state index contributed by atoms with van der Waals surface area (Å²) in [6.45, 7) is 1.53. The Morgan fingerprint density at radius 3 is 3.00 bits per heavy atom. The fraction of sp³-hybridized carbons (Fsp3) is 0.308. The lowest BCUT2D eigenvalue weighted by Gasteiger charge is -2.09. The third-order valence-corrected chi connectivity index (χ3v) is 3.42. The van der Waals surface area contributed by atoms with Crippen molar-refractivity contribution in [3.8, 4) is 0 Å². The molecule has 2 aromatic rings. The van der Waals surface area contributed by atoms with Crippen molar-refractivity contribution in [2.24, 2.45) is 0 Å². The van der Waals surface area contributed by atoms with Crippen molar-refractivity contribution in [3.63, 3.8) is 0 Å². The molecular formula is C13H15FN4O2S. The highest BCUT2D eigenvalue weighted by molar-refractivity contribution is 7.15. The number of carbonyl (C=O) groups is 1. The first-order valence-electron chi connectivity index (χ1n) is 6.32. The molecule has 21 heavy (non-hydrogen) atoms. The summed E-state index contributed by atoms with van der Waals surface area (Å²) in [4.78, 5) is 11.5. The molecule has 0 aliphatic carbocycles. The van der Waals surface area contributed by atoms with Crippen molar-refractivity contribution in [2.75, 3.05) is 11.9 Å². The fourth-order valence-electron chi connectivity index (χ4n) is 1.60. The predicted molar refractivity (Wildman–Crippen MR) is 77.8 cm³/mol. The van der Waals surface area contributed by atoms with Crippen LogP contribution in [0.5, 0.6) is 0 Å². The van der Waals surface area contributed by atoms with Crippen LogP contribution in [0.15, 0.2) is 24.3 Å². The van der Waals surface area contributed by atoms with Crippen LogP contribution >= 0.6 is 11.3 Å². The van der Waals surface area contributed by atoms with Crippen molar-refractivity contribution >= 4 is 22.5 Å². The maximum atomic E-state index is 13.1. The van der Waals surface area contributed by atoms with E-state index in [-0.39, 0.29) is 18.5 Å². The smallest absolute Gasteiger partial charge is 0.321 e. The Morgan fingerprint density at radius 2 is 2.29 bits per heavy atom. The molecular weight excluding hydrogens is 295 g/mol. The topological polar surface area (TPSA) is 87.1 Å². The van der Waals surface area contributed by atoms with Gasteiger partial charge in [0.25, 0.3) is 0 Å². The standard InChI is InChI=1S/C13H15FN4O2S/c1-8(7-19)15-12(20)16-13-18-17-11(21-13)6-9-3-2-4-10(14)5-9/h2-5,8,19H,6-7H2,1H3,(H2,15,16,18,20). The Balaban J connectivity index is 1.94. The van der Waals surface area contributed by atoms with Gasteiger partial charge >= 0.3 is 6.03 Å². The lowest BCUT2D eigenvalue weighted by Crippen LogP contribution is -2.38. The highest BCUT2D eigenvalue weighted by Gasteiger charge is 2.10. The molecule has 2 rings (SSSR count). The van der Waals surface area contributed by atoms with E-state index in [1.54, 1.807) is 19.1 Å². The van der Waals surface area contributed by atoms with E-state index in [0.29, 0.717) is 16.6 Å². The Morgan fingerprint density at radius 1 is 1.48 bits per heavy atom. The van der Waals surface area contributed by atoms with E-state index in [4.69, 9.17) is 5.11 Å². The van der Waals surface area contributed by atoms with Crippen molar-refractivity contribution in [3.05, 3.63) is 40.7 Å². The fourth-order valence-corrected chi connectivity index (χ4v) is 2.37. The molecule has 3 N–H and O–H groups in total. The molecule has 1 atom stereocenters. The lowest BCUT2D eigenvalue weighted by atomic mass is 10.1. The number of nitrogens with one attached hydrogen (secondary N) is 2. The van der Waals surface area contributed by atoms with Gasteiger partial charge in [0, 0.05) is 6.42 Å². The lowest BCUT2D eigenvalue weighted by molar-refractivity contribution is 0.229. The van der Waals surface area contributed by atoms with Crippen LogP contribution in [0.25, 0.3) is 0 Å². The van der Waals surface area contributed by atoms with Gasteiger partial charge in [-0.05, 0) is 24.6 Å². The number of aliphatic hydroxyl groups excluding tert-OH is 1. The molecule has 0 fully saturated rings. The molecule has 6 nitrogen and oxygen atoms in total. The minimum Gasteiger partial charge on any atom is -0.394 e. The van der Waals surface area contributed by atoms with Gasteiger partial charge in [-0.3, -0.25) is 5.32 Å². The van der Waals surface area contributed by atoms with Crippen molar-refractivity contribution < 1.29 is 14.3 Å². The van der Waals surface area contributed by atoms with Gasteiger partial charge in [0.1, 0.15) is 10.8 Å². The van der Waals surface area contributed by atoms with Gasteiger partial charge in [0.15, 0.2) is 0 Å². The van der Waals surface area contributed by atoms with Gasteiger partial charge in [0.05, 0.1) is 12.6 Å². The first-order valence-corrected chi connectivity index (χ1v) is 7.13. The van der Waals surface area contributed by atoms with Crippen LogP contribution in [0.4, 0.5) is 14.3 Å². The second-order valence-corrected chi connectivity index (χ2v) is 5.55. The molecule has 1 aromatic heterocycles. The van der Waals surface area contributed by atoms with Crippen molar-refractivity contribution in [2.45, 2.75) is 19.4 Å². The van der Waals surface area contributed by atoms with E-state index in [0.717, 1.165) is 5.56 Å². The van der Waals surface area contributed by atoms with Gasteiger partial charge in [-0.25, -0.2) is 9.18 Å². The van der Waals surface area contributed by atoms with Crippen molar-refractivity contribution in [1.29, 1.82) is 0 Å². The average molecular weight is 310 g/mol. The van der Waals surface area contributed by atoms with E-state index >= 15 is 0 Å². The van der Waals surface area contributed by atoms with E-state index in [1.165, 1.54) is 23.5 Å². The molecule has 0 spiro atoms.